The van der Waals surface area contributed by atoms with Gasteiger partial charge in [-0.15, -0.1) is 0 Å². The van der Waals surface area contributed by atoms with E-state index in [4.69, 9.17) is 5.11 Å². The molecule has 0 atom stereocenters. The van der Waals surface area contributed by atoms with Gasteiger partial charge < -0.3 is 19.5 Å². The number of rotatable bonds is 21. The van der Waals surface area contributed by atoms with Crippen molar-refractivity contribution in [2.75, 3.05) is 27.7 Å². The summed E-state index contributed by atoms with van der Waals surface area (Å²) in [6.45, 7) is 3.62. The van der Waals surface area contributed by atoms with Gasteiger partial charge in [0.05, 0.1) is 33.7 Å². The number of allylic oxidation sites excluding steroid dienone is 2. The van der Waals surface area contributed by atoms with Crippen molar-refractivity contribution in [3.63, 3.8) is 0 Å². The smallest absolute Gasteiger partial charge is 0.124 e. The number of aromatic carboxylic acids is 1. The number of phenols is 1. The maximum absolute atomic E-state index is 10.2. The first-order valence-corrected chi connectivity index (χ1v) is 14.7. The van der Waals surface area contributed by atoms with Crippen LogP contribution in [-0.2, 0) is 0 Å². The summed E-state index contributed by atoms with van der Waals surface area (Å²) in [6.07, 6.45) is 30.4. The molecular formula is C32H57NO3. The van der Waals surface area contributed by atoms with Gasteiger partial charge in [-0.05, 0) is 50.7 Å². The molecule has 1 rings (SSSR count). The Bertz CT molecular complexity index is 664. The minimum atomic E-state index is -1.36. The van der Waals surface area contributed by atoms with E-state index in [1.807, 2.05) is 0 Å². The number of carbonyl (C=O) groups is 1. The molecule has 0 spiro atoms. The van der Waals surface area contributed by atoms with Gasteiger partial charge in [-0.3, -0.25) is 0 Å². The maximum atomic E-state index is 10.2. The van der Waals surface area contributed by atoms with Crippen LogP contribution in [-0.4, -0.2) is 43.2 Å². The molecule has 0 aliphatic heterocycles. The summed E-state index contributed by atoms with van der Waals surface area (Å²) < 4.78 is 1.12. The Morgan fingerprint density at radius 2 is 1.14 bits per heavy atom. The summed E-state index contributed by atoms with van der Waals surface area (Å²) in [5.74, 6) is -1.62. The van der Waals surface area contributed by atoms with Crippen molar-refractivity contribution in [1.29, 1.82) is 0 Å². The van der Waals surface area contributed by atoms with Crippen molar-refractivity contribution in [2.24, 2.45) is 0 Å². The van der Waals surface area contributed by atoms with Crippen LogP contribution in [0.15, 0.2) is 36.4 Å². The molecule has 0 aliphatic rings. The molecule has 0 amide bonds. The Balaban J connectivity index is 0.00000101. The van der Waals surface area contributed by atoms with Crippen molar-refractivity contribution < 1.29 is 19.5 Å². The number of hydrogen-bond donors (Lipinski definition) is 1. The summed E-state index contributed by atoms with van der Waals surface area (Å²) in [7, 11) is 6.89. The Labute approximate surface area is 223 Å². The highest BCUT2D eigenvalue weighted by atomic mass is 16.4. The average molecular weight is 504 g/mol. The number of carbonyl (C=O) groups excluding carboxylic acids is 1. The molecule has 4 nitrogen and oxygen atoms in total. The van der Waals surface area contributed by atoms with Crippen molar-refractivity contribution >= 4 is 5.97 Å². The van der Waals surface area contributed by atoms with E-state index in [0.29, 0.717) is 0 Å². The van der Waals surface area contributed by atoms with E-state index >= 15 is 0 Å². The van der Waals surface area contributed by atoms with Crippen molar-refractivity contribution in [1.82, 2.24) is 0 Å². The van der Waals surface area contributed by atoms with Gasteiger partial charge in [0.25, 0.3) is 0 Å². The highest BCUT2D eigenvalue weighted by Gasteiger charge is 2.05. The highest BCUT2D eigenvalue weighted by Crippen LogP contribution is 2.14. The zero-order chi connectivity index (χ0) is 26.9. The quantitative estimate of drug-likeness (QED) is 0.105. The van der Waals surface area contributed by atoms with E-state index in [-0.39, 0.29) is 11.3 Å². The number of carboxylic acid groups (broad SMARTS) is 1. The maximum Gasteiger partial charge on any atom is 0.124 e. The molecule has 0 fully saturated rings. The Hall–Kier alpha value is -1.81. The monoisotopic (exact) mass is 503 g/mol. The zero-order valence-electron chi connectivity index (χ0n) is 24.1. The molecule has 0 aliphatic carbocycles. The third-order valence-electron chi connectivity index (χ3n) is 6.46. The van der Waals surface area contributed by atoms with Gasteiger partial charge in [-0.25, -0.2) is 0 Å². The largest absolute Gasteiger partial charge is 0.545 e. The molecule has 1 aromatic rings. The second-order valence-electron chi connectivity index (χ2n) is 11.2. The second kappa shape index (κ2) is 23.6. The van der Waals surface area contributed by atoms with Crippen molar-refractivity contribution in [2.45, 2.75) is 122 Å². The van der Waals surface area contributed by atoms with Crippen LogP contribution in [0.25, 0.3) is 0 Å². The molecule has 0 saturated carbocycles. The van der Waals surface area contributed by atoms with E-state index < -0.39 is 5.97 Å². The number of quaternary nitrogens is 1. The molecule has 0 saturated heterocycles. The summed E-state index contributed by atoms with van der Waals surface area (Å²) in [5, 5.41) is 19.0. The van der Waals surface area contributed by atoms with E-state index in [1.54, 1.807) is 6.07 Å². The van der Waals surface area contributed by atoms with Gasteiger partial charge in [0, 0.05) is 5.56 Å². The number of carboxylic acids is 1. The molecule has 208 valence electrons. The number of aromatic hydroxyl groups is 1. The molecular weight excluding hydrogens is 446 g/mol. The first-order valence-electron chi connectivity index (χ1n) is 14.7. The second-order valence-corrected chi connectivity index (χ2v) is 11.2. The molecule has 0 heterocycles. The van der Waals surface area contributed by atoms with Crippen LogP contribution in [0, 0.1) is 0 Å². The van der Waals surface area contributed by atoms with Crippen molar-refractivity contribution in [3.05, 3.63) is 42.0 Å². The van der Waals surface area contributed by atoms with Crippen LogP contribution in [0.4, 0.5) is 0 Å². The number of hydrogen-bond acceptors (Lipinski definition) is 3. The Morgan fingerprint density at radius 3 is 1.53 bits per heavy atom. The first kappa shape index (κ1) is 34.2. The predicted molar refractivity (Wildman–Crippen MR) is 153 cm³/mol. The summed E-state index contributed by atoms with van der Waals surface area (Å²) in [4.78, 5) is 10.2. The fourth-order valence-corrected chi connectivity index (χ4v) is 4.19. The first-order chi connectivity index (χ1) is 17.3. The lowest BCUT2D eigenvalue weighted by Crippen LogP contribution is -2.35. The fourth-order valence-electron chi connectivity index (χ4n) is 4.19. The third kappa shape index (κ3) is 23.9. The Morgan fingerprint density at radius 1 is 0.722 bits per heavy atom. The molecule has 0 aromatic heterocycles. The molecule has 0 bridgehead atoms. The zero-order valence-corrected chi connectivity index (χ0v) is 24.1. The SMILES string of the molecule is CCCCCCCCC=CCCCCCCCCCCCC[N+](C)(C)C.O=C([O-])c1ccccc1O. The van der Waals surface area contributed by atoms with E-state index in [2.05, 4.69) is 40.2 Å². The lowest BCUT2D eigenvalue weighted by molar-refractivity contribution is -0.870. The lowest BCUT2D eigenvalue weighted by Gasteiger charge is -2.23. The summed E-state index contributed by atoms with van der Waals surface area (Å²) >= 11 is 0. The minimum Gasteiger partial charge on any atom is -0.545 e. The molecule has 4 heteroatoms. The van der Waals surface area contributed by atoms with E-state index in [1.165, 1.54) is 140 Å². The number of unbranched alkanes of at least 4 members (excludes halogenated alkanes) is 16. The van der Waals surface area contributed by atoms with Gasteiger partial charge in [0.2, 0.25) is 0 Å². The normalized spacial score (nSPS) is 11.4. The van der Waals surface area contributed by atoms with Crippen molar-refractivity contribution in [3.8, 4) is 5.75 Å². The van der Waals surface area contributed by atoms with Crippen LogP contribution >= 0.6 is 0 Å². The van der Waals surface area contributed by atoms with Gasteiger partial charge >= 0.3 is 0 Å². The van der Waals surface area contributed by atoms with Gasteiger partial charge in [-0.1, -0.05) is 108 Å². The number of benzene rings is 1. The summed E-state index contributed by atoms with van der Waals surface area (Å²) in [5.41, 5.74) is -0.178. The van der Waals surface area contributed by atoms with Crippen LogP contribution in [0.2, 0.25) is 0 Å². The summed E-state index contributed by atoms with van der Waals surface area (Å²) in [6, 6.07) is 5.64. The molecule has 0 radical (unpaired) electrons. The molecule has 1 N–H and O–H groups in total. The minimum absolute atomic E-state index is 0.178. The van der Waals surface area contributed by atoms with E-state index in [9.17, 15) is 9.90 Å². The van der Waals surface area contributed by atoms with E-state index in [0.717, 1.165) is 4.48 Å². The van der Waals surface area contributed by atoms with Crippen LogP contribution < -0.4 is 5.11 Å². The number of para-hydroxylation sites is 1. The Kier molecular flexibility index (Phi) is 22.4. The van der Waals surface area contributed by atoms with Gasteiger partial charge in [0.15, 0.2) is 0 Å². The fraction of sp³-hybridized carbons (Fsp3) is 0.719. The lowest BCUT2D eigenvalue weighted by atomic mass is 10.1. The van der Waals surface area contributed by atoms with Crippen LogP contribution in [0.1, 0.15) is 133 Å². The van der Waals surface area contributed by atoms with Crippen LogP contribution in [0.5, 0.6) is 5.75 Å². The topological polar surface area (TPSA) is 60.4 Å². The highest BCUT2D eigenvalue weighted by molar-refractivity contribution is 5.88. The third-order valence-corrected chi connectivity index (χ3v) is 6.46. The molecule has 0 unspecified atom stereocenters. The van der Waals surface area contributed by atoms with Gasteiger partial charge in [0.1, 0.15) is 5.75 Å². The predicted octanol–water partition coefficient (Wildman–Crippen LogP) is 8.05. The number of nitrogens with zero attached hydrogens (tertiary/aromatic N) is 1. The van der Waals surface area contributed by atoms with Gasteiger partial charge in [-0.2, -0.15) is 0 Å². The van der Waals surface area contributed by atoms with Crippen LogP contribution in [0.3, 0.4) is 0 Å². The standard InChI is InChI=1S/C25H52N.C7H6O3/c1-5-6-7-8-9-10-11-12-13-14-15-16-17-18-19-20-21-22-23-24-25-26(2,3)4;8-6-4-2-1-3-5(6)7(9)10/h12-13H,5-11,14-25H2,1-4H3;1-4,8H,(H,9,10)/q+1;/p-1. The average Bonchev–Trinajstić information content (AvgIpc) is 2.82. The molecule has 1 aromatic carbocycles. The molecule has 36 heavy (non-hydrogen) atoms.